The number of aromatic nitrogens is 1. The number of carbonyl (C=O) groups excluding carboxylic acids is 1. The maximum atomic E-state index is 12.7. The molecule has 1 aromatic carbocycles. The monoisotopic (exact) mass is 410 g/mol. The molecule has 2 aromatic rings. The third-order valence-electron chi connectivity index (χ3n) is 7.16. The van der Waals surface area contributed by atoms with Gasteiger partial charge in [0.05, 0.1) is 6.61 Å². The number of hydrogen-bond donors (Lipinski definition) is 2. The van der Waals surface area contributed by atoms with Gasteiger partial charge in [0.15, 0.2) is 0 Å². The molecule has 0 spiro atoms. The van der Waals surface area contributed by atoms with Gasteiger partial charge in [-0.25, -0.2) is 4.79 Å². The Kier molecular flexibility index (Phi) is 5.67. The predicted molar refractivity (Wildman–Crippen MR) is 118 cm³/mol. The van der Waals surface area contributed by atoms with E-state index >= 15 is 0 Å². The molecule has 0 saturated carbocycles. The molecule has 2 atom stereocenters. The molecule has 2 heterocycles. The van der Waals surface area contributed by atoms with E-state index in [2.05, 4.69) is 22.9 Å². The highest BCUT2D eigenvalue weighted by atomic mass is 16.5. The highest BCUT2D eigenvalue weighted by molar-refractivity contribution is 5.90. The lowest BCUT2D eigenvalue weighted by Crippen LogP contribution is -2.53. The number of carbonyl (C=O) groups is 1. The highest BCUT2D eigenvalue weighted by Crippen LogP contribution is 2.49. The number of hydrogen-bond acceptors (Lipinski definition) is 4. The van der Waals surface area contributed by atoms with Gasteiger partial charge in [-0.05, 0) is 79.9 Å². The van der Waals surface area contributed by atoms with Crippen LogP contribution in [0.25, 0.3) is 0 Å². The fourth-order valence-corrected chi connectivity index (χ4v) is 5.42. The van der Waals surface area contributed by atoms with Gasteiger partial charge in [0.25, 0.3) is 0 Å². The van der Waals surface area contributed by atoms with Crippen molar-refractivity contribution in [1.82, 2.24) is 9.88 Å². The number of nitrogens with zero attached hydrogens (tertiary/aromatic N) is 1. The molecule has 5 nitrogen and oxygen atoms in total. The minimum Gasteiger partial charge on any atom is -0.508 e. The molecule has 1 fully saturated rings. The number of benzene rings is 1. The number of aromatic amines is 1. The molecule has 1 saturated heterocycles. The Morgan fingerprint density at radius 2 is 2.20 bits per heavy atom. The first-order valence-electron chi connectivity index (χ1n) is 11.2. The van der Waals surface area contributed by atoms with E-state index in [0.29, 0.717) is 29.9 Å². The summed E-state index contributed by atoms with van der Waals surface area (Å²) in [6.45, 7) is 11.9. The predicted octanol–water partition coefficient (Wildman–Crippen LogP) is 4.22. The number of ether oxygens (including phenoxy) is 1. The van der Waals surface area contributed by atoms with E-state index in [1.54, 1.807) is 6.07 Å². The Labute approximate surface area is 179 Å². The Bertz CT molecular complexity index is 932. The van der Waals surface area contributed by atoms with E-state index in [1.807, 2.05) is 32.9 Å². The summed E-state index contributed by atoms with van der Waals surface area (Å²) in [6.07, 6.45) is 2.87. The zero-order chi connectivity index (χ0) is 21.5. The van der Waals surface area contributed by atoms with Gasteiger partial charge < -0.3 is 19.7 Å². The normalized spacial score (nSPS) is 23.8. The van der Waals surface area contributed by atoms with Crippen LogP contribution >= 0.6 is 0 Å². The smallest absolute Gasteiger partial charge is 0.355 e. The summed E-state index contributed by atoms with van der Waals surface area (Å²) < 4.78 is 5.52. The molecule has 2 unspecified atom stereocenters. The minimum atomic E-state index is -0.250. The van der Waals surface area contributed by atoms with Crippen LogP contribution in [-0.2, 0) is 23.0 Å². The third kappa shape index (κ3) is 3.64. The quantitative estimate of drug-likeness (QED) is 0.725. The van der Waals surface area contributed by atoms with Crippen LogP contribution in [0.4, 0.5) is 0 Å². The lowest BCUT2D eigenvalue weighted by Gasteiger charge is -2.51. The van der Waals surface area contributed by atoms with Gasteiger partial charge in [0.1, 0.15) is 11.4 Å². The summed E-state index contributed by atoms with van der Waals surface area (Å²) in [6, 6.07) is 7.79. The second-order valence-electron chi connectivity index (χ2n) is 9.50. The number of aromatic hydroxyl groups is 1. The first-order valence-corrected chi connectivity index (χ1v) is 11.2. The summed E-state index contributed by atoms with van der Waals surface area (Å²) >= 11 is 0. The zero-order valence-electron chi connectivity index (χ0n) is 18.6. The van der Waals surface area contributed by atoms with Gasteiger partial charge in [0, 0.05) is 17.7 Å². The number of phenolic OH excluding ortho intramolecular Hbond substituents is 1. The molecule has 4 rings (SSSR count). The van der Waals surface area contributed by atoms with Crippen LogP contribution < -0.4 is 0 Å². The summed E-state index contributed by atoms with van der Waals surface area (Å²) in [7, 11) is 0. The summed E-state index contributed by atoms with van der Waals surface area (Å²) in [5.41, 5.74) is 5.28. The van der Waals surface area contributed by atoms with Crippen molar-refractivity contribution in [3.63, 3.8) is 0 Å². The average Bonchev–Trinajstić information content (AvgIpc) is 3.05. The lowest BCUT2D eigenvalue weighted by atomic mass is 9.58. The standard InChI is InChI=1S/C25H34N2O3/c1-5-27-10-9-25(18-7-6-8-20(28)11-18)13-22-21(12-19(25)14-27)17(4)23(26-22)24(29)30-15-16(2)3/h6-8,11,16,19,26,28H,5,9-10,12-15H2,1-4H3. The Hall–Kier alpha value is -2.27. The van der Waals surface area contributed by atoms with Gasteiger partial charge in [-0.1, -0.05) is 32.9 Å². The molecule has 0 amide bonds. The number of rotatable bonds is 5. The number of phenols is 1. The van der Waals surface area contributed by atoms with E-state index in [1.165, 1.54) is 11.1 Å². The average molecular weight is 411 g/mol. The van der Waals surface area contributed by atoms with Crippen LogP contribution in [0.2, 0.25) is 0 Å². The number of piperidine rings is 1. The fourth-order valence-electron chi connectivity index (χ4n) is 5.42. The maximum Gasteiger partial charge on any atom is 0.355 e. The van der Waals surface area contributed by atoms with Crippen LogP contribution in [0.3, 0.4) is 0 Å². The first-order chi connectivity index (χ1) is 14.3. The van der Waals surface area contributed by atoms with Crippen LogP contribution in [0.1, 0.15) is 60.1 Å². The largest absolute Gasteiger partial charge is 0.508 e. The van der Waals surface area contributed by atoms with Gasteiger partial charge >= 0.3 is 5.97 Å². The van der Waals surface area contributed by atoms with Crippen LogP contribution in [-0.4, -0.2) is 47.2 Å². The Balaban J connectivity index is 1.72. The fraction of sp³-hybridized carbons (Fsp3) is 0.560. The Morgan fingerprint density at radius 3 is 2.90 bits per heavy atom. The first kappa shape index (κ1) is 21.0. The summed E-state index contributed by atoms with van der Waals surface area (Å²) in [5, 5.41) is 10.2. The summed E-state index contributed by atoms with van der Waals surface area (Å²) in [4.78, 5) is 18.7. The molecule has 1 aromatic heterocycles. The van der Waals surface area contributed by atoms with Crippen molar-refractivity contribution in [3.8, 4) is 5.75 Å². The molecular weight excluding hydrogens is 376 g/mol. The van der Waals surface area contributed by atoms with Crippen molar-refractivity contribution in [2.75, 3.05) is 26.2 Å². The van der Waals surface area contributed by atoms with Crippen molar-refractivity contribution in [2.24, 2.45) is 11.8 Å². The molecule has 1 aliphatic heterocycles. The molecule has 0 radical (unpaired) electrons. The van der Waals surface area contributed by atoms with Crippen molar-refractivity contribution in [1.29, 1.82) is 0 Å². The van der Waals surface area contributed by atoms with E-state index in [9.17, 15) is 9.90 Å². The highest BCUT2D eigenvalue weighted by Gasteiger charge is 2.48. The molecule has 2 N–H and O–H groups in total. The van der Waals surface area contributed by atoms with Gasteiger partial charge in [-0.2, -0.15) is 0 Å². The minimum absolute atomic E-state index is 0.0200. The van der Waals surface area contributed by atoms with Gasteiger partial charge in [-0.3, -0.25) is 0 Å². The molecule has 1 aliphatic carbocycles. The van der Waals surface area contributed by atoms with E-state index < -0.39 is 0 Å². The van der Waals surface area contributed by atoms with Gasteiger partial charge in [-0.15, -0.1) is 0 Å². The van der Waals surface area contributed by atoms with Crippen LogP contribution in [0.15, 0.2) is 24.3 Å². The molecule has 5 heteroatoms. The Morgan fingerprint density at radius 1 is 1.40 bits per heavy atom. The SMILES string of the molecule is CCN1CCC2(c3cccc(O)c3)Cc3[nH]c(C(=O)OCC(C)C)c(C)c3CC2C1. The van der Waals surface area contributed by atoms with Crippen molar-refractivity contribution < 1.29 is 14.6 Å². The van der Waals surface area contributed by atoms with Crippen molar-refractivity contribution in [2.45, 2.75) is 52.4 Å². The van der Waals surface area contributed by atoms with Gasteiger partial charge in [0.2, 0.25) is 0 Å². The van der Waals surface area contributed by atoms with E-state index in [-0.39, 0.29) is 11.4 Å². The topological polar surface area (TPSA) is 65.6 Å². The molecule has 2 aliphatic rings. The molecule has 0 bridgehead atoms. The van der Waals surface area contributed by atoms with Crippen molar-refractivity contribution in [3.05, 3.63) is 52.3 Å². The second kappa shape index (κ2) is 8.10. The number of fused-ring (bicyclic) bond motifs is 2. The molecule has 30 heavy (non-hydrogen) atoms. The number of H-pyrrole nitrogens is 1. The zero-order valence-corrected chi connectivity index (χ0v) is 18.6. The maximum absolute atomic E-state index is 12.7. The van der Waals surface area contributed by atoms with Crippen molar-refractivity contribution >= 4 is 5.97 Å². The van der Waals surface area contributed by atoms with Crippen LogP contribution in [0.5, 0.6) is 5.75 Å². The third-order valence-corrected chi connectivity index (χ3v) is 7.16. The number of nitrogens with one attached hydrogen (secondary N) is 1. The number of likely N-dealkylation sites (tertiary alicyclic amines) is 1. The second-order valence-corrected chi connectivity index (χ2v) is 9.50. The molecule has 162 valence electrons. The molecular formula is C25H34N2O3. The van der Waals surface area contributed by atoms with E-state index in [4.69, 9.17) is 4.74 Å². The number of esters is 1. The van der Waals surface area contributed by atoms with E-state index in [0.717, 1.165) is 50.2 Å². The lowest BCUT2D eigenvalue weighted by molar-refractivity contribution is 0.0451. The van der Waals surface area contributed by atoms with Crippen LogP contribution in [0, 0.1) is 18.8 Å². The summed E-state index contributed by atoms with van der Waals surface area (Å²) in [5.74, 6) is 0.843.